The second-order valence-corrected chi connectivity index (χ2v) is 5.06. The fourth-order valence-electron chi connectivity index (χ4n) is 2.06. The van der Waals surface area contributed by atoms with Crippen LogP contribution in [-0.2, 0) is 6.42 Å². The van der Waals surface area contributed by atoms with Crippen LogP contribution in [0.3, 0.4) is 0 Å². The van der Waals surface area contributed by atoms with Gasteiger partial charge in [-0.15, -0.1) is 0 Å². The summed E-state index contributed by atoms with van der Waals surface area (Å²) in [5.41, 5.74) is 3.58. The number of aryl methyl sites for hydroxylation is 1. The number of aliphatic hydroxyl groups excluding tert-OH is 1. The van der Waals surface area contributed by atoms with E-state index in [-0.39, 0.29) is 12.5 Å². The summed E-state index contributed by atoms with van der Waals surface area (Å²) in [6.07, 6.45) is 0.830. The van der Waals surface area contributed by atoms with Gasteiger partial charge in [-0.25, -0.2) is 0 Å². The molecule has 0 radical (unpaired) electrons. The standard InChI is InChI=1S/C16H17ClO/c1-12-5-7-13(8-6-12)9-15(11-18)14-3-2-4-16(17)10-14/h2-8,10,15,18H,9,11H2,1H3. The minimum Gasteiger partial charge on any atom is -0.396 e. The molecule has 1 atom stereocenters. The van der Waals surface area contributed by atoms with Crippen molar-refractivity contribution >= 4 is 11.6 Å². The SMILES string of the molecule is Cc1ccc(CC(CO)c2cccc(Cl)c2)cc1. The zero-order chi connectivity index (χ0) is 13.0. The molecule has 1 nitrogen and oxygen atoms in total. The van der Waals surface area contributed by atoms with Crippen LogP contribution in [0, 0.1) is 6.92 Å². The van der Waals surface area contributed by atoms with Gasteiger partial charge in [-0.2, -0.15) is 0 Å². The first-order valence-corrected chi connectivity index (χ1v) is 6.48. The number of benzene rings is 2. The van der Waals surface area contributed by atoms with Gasteiger partial charge in [0.2, 0.25) is 0 Å². The van der Waals surface area contributed by atoms with Crippen molar-refractivity contribution in [3.05, 3.63) is 70.2 Å². The number of hydrogen-bond donors (Lipinski definition) is 1. The molecule has 2 heteroatoms. The molecule has 0 fully saturated rings. The summed E-state index contributed by atoms with van der Waals surface area (Å²) < 4.78 is 0. The lowest BCUT2D eigenvalue weighted by molar-refractivity contribution is 0.264. The van der Waals surface area contributed by atoms with Gasteiger partial charge in [0.1, 0.15) is 0 Å². The van der Waals surface area contributed by atoms with Crippen LogP contribution in [0.25, 0.3) is 0 Å². The Kier molecular flexibility index (Phi) is 4.40. The molecule has 1 N–H and O–H groups in total. The van der Waals surface area contributed by atoms with E-state index in [1.54, 1.807) is 0 Å². The quantitative estimate of drug-likeness (QED) is 0.882. The molecular formula is C16H17ClO. The molecular weight excluding hydrogens is 244 g/mol. The Morgan fingerprint density at radius 2 is 1.83 bits per heavy atom. The molecule has 0 saturated carbocycles. The maximum Gasteiger partial charge on any atom is 0.0502 e. The highest BCUT2D eigenvalue weighted by atomic mass is 35.5. The molecule has 0 aliphatic rings. The molecule has 0 bridgehead atoms. The molecule has 0 saturated heterocycles. The number of halogens is 1. The minimum atomic E-state index is 0.103. The molecule has 1 unspecified atom stereocenters. The molecule has 0 heterocycles. The Balaban J connectivity index is 2.17. The summed E-state index contributed by atoms with van der Waals surface area (Å²) in [4.78, 5) is 0. The van der Waals surface area contributed by atoms with E-state index in [1.165, 1.54) is 11.1 Å². The van der Waals surface area contributed by atoms with Gasteiger partial charge < -0.3 is 5.11 Å². The van der Waals surface area contributed by atoms with E-state index in [2.05, 4.69) is 31.2 Å². The van der Waals surface area contributed by atoms with Gasteiger partial charge in [-0.3, -0.25) is 0 Å². The van der Waals surface area contributed by atoms with Gasteiger partial charge in [0.15, 0.2) is 0 Å². The van der Waals surface area contributed by atoms with E-state index in [0.717, 1.165) is 17.0 Å². The van der Waals surface area contributed by atoms with E-state index in [9.17, 15) is 5.11 Å². The van der Waals surface area contributed by atoms with Crippen molar-refractivity contribution < 1.29 is 5.11 Å². The highest BCUT2D eigenvalue weighted by Gasteiger charge is 2.11. The third-order valence-corrected chi connectivity index (χ3v) is 3.38. The third kappa shape index (κ3) is 3.34. The molecule has 2 aromatic rings. The maximum atomic E-state index is 9.54. The summed E-state index contributed by atoms with van der Waals surface area (Å²) >= 11 is 5.99. The summed E-state index contributed by atoms with van der Waals surface area (Å²) in [5.74, 6) is 0.103. The Morgan fingerprint density at radius 3 is 2.44 bits per heavy atom. The topological polar surface area (TPSA) is 20.2 Å². The highest BCUT2D eigenvalue weighted by Crippen LogP contribution is 2.23. The second-order valence-electron chi connectivity index (χ2n) is 4.62. The minimum absolute atomic E-state index is 0.103. The lowest BCUT2D eigenvalue weighted by atomic mass is 9.92. The van der Waals surface area contributed by atoms with E-state index in [0.29, 0.717) is 0 Å². The Labute approximate surface area is 113 Å². The first kappa shape index (κ1) is 13.1. The van der Waals surface area contributed by atoms with Crippen LogP contribution in [0.4, 0.5) is 0 Å². The predicted molar refractivity (Wildman–Crippen MR) is 76.2 cm³/mol. The molecule has 18 heavy (non-hydrogen) atoms. The number of aliphatic hydroxyl groups is 1. The summed E-state index contributed by atoms with van der Waals surface area (Å²) in [6, 6.07) is 16.1. The average Bonchev–Trinajstić information content (AvgIpc) is 2.38. The van der Waals surface area contributed by atoms with Crippen LogP contribution in [-0.4, -0.2) is 11.7 Å². The molecule has 2 rings (SSSR count). The molecule has 0 aliphatic heterocycles. The van der Waals surface area contributed by atoms with Crippen molar-refractivity contribution in [1.29, 1.82) is 0 Å². The second kappa shape index (κ2) is 6.03. The van der Waals surface area contributed by atoms with Crippen LogP contribution in [0.2, 0.25) is 5.02 Å². The molecule has 94 valence electrons. The molecule has 2 aromatic carbocycles. The third-order valence-electron chi connectivity index (χ3n) is 3.14. The Morgan fingerprint density at radius 1 is 1.11 bits per heavy atom. The maximum absolute atomic E-state index is 9.54. The number of rotatable bonds is 4. The van der Waals surface area contributed by atoms with Crippen LogP contribution in [0.1, 0.15) is 22.6 Å². The Bertz CT molecular complexity index is 505. The van der Waals surface area contributed by atoms with E-state index in [4.69, 9.17) is 11.6 Å². The summed E-state index contributed by atoms with van der Waals surface area (Å²) in [6.45, 7) is 2.21. The van der Waals surface area contributed by atoms with Crippen molar-refractivity contribution in [3.8, 4) is 0 Å². The van der Waals surface area contributed by atoms with Crippen molar-refractivity contribution in [2.45, 2.75) is 19.3 Å². The average molecular weight is 261 g/mol. The van der Waals surface area contributed by atoms with Gasteiger partial charge in [-0.1, -0.05) is 53.6 Å². The van der Waals surface area contributed by atoms with Gasteiger partial charge in [-0.05, 0) is 36.6 Å². The number of hydrogen-bond acceptors (Lipinski definition) is 1. The lowest BCUT2D eigenvalue weighted by Crippen LogP contribution is -2.07. The van der Waals surface area contributed by atoms with Gasteiger partial charge in [0, 0.05) is 10.9 Å². The molecule has 0 aliphatic carbocycles. The van der Waals surface area contributed by atoms with Crippen molar-refractivity contribution in [3.63, 3.8) is 0 Å². The van der Waals surface area contributed by atoms with E-state index in [1.807, 2.05) is 24.3 Å². The Hall–Kier alpha value is -1.31. The predicted octanol–water partition coefficient (Wildman–Crippen LogP) is 3.97. The van der Waals surface area contributed by atoms with Crippen LogP contribution >= 0.6 is 11.6 Å². The monoisotopic (exact) mass is 260 g/mol. The highest BCUT2D eigenvalue weighted by molar-refractivity contribution is 6.30. The van der Waals surface area contributed by atoms with Crippen LogP contribution in [0.5, 0.6) is 0 Å². The smallest absolute Gasteiger partial charge is 0.0502 e. The first-order chi connectivity index (χ1) is 8.69. The lowest BCUT2D eigenvalue weighted by Gasteiger charge is -2.15. The largest absolute Gasteiger partial charge is 0.396 e. The van der Waals surface area contributed by atoms with Crippen LogP contribution in [0.15, 0.2) is 48.5 Å². The fourth-order valence-corrected chi connectivity index (χ4v) is 2.26. The molecule has 0 amide bonds. The van der Waals surface area contributed by atoms with Crippen LogP contribution < -0.4 is 0 Å². The van der Waals surface area contributed by atoms with Gasteiger partial charge in [0.05, 0.1) is 6.61 Å². The van der Waals surface area contributed by atoms with Crippen molar-refractivity contribution in [2.24, 2.45) is 0 Å². The van der Waals surface area contributed by atoms with Gasteiger partial charge >= 0.3 is 0 Å². The summed E-state index contributed by atoms with van der Waals surface area (Å²) in [7, 11) is 0. The van der Waals surface area contributed by atoms with Crippen molar-refractivity contribution in [1.82, 2.24) is 0 Å². The zero-order valence-corrected chi connectivity index (χ0v) is 11.2. The molecule has 0 aromatic heterocycles. The molecule has 0 spiro atoms. The van der Waals surface area contributed by atoms with E-state index < -0.39 is 0 Å². The van der Waals surface area contributed by atoms with Crippen molar-refractivity contribution in [2.75, 3.05) is 6.61 Å². The normalized spacial score (nSPS) is 12.4. The zero-order valence-electron chi connectivity index (χ0n) is 10.4. The van der Waals surface area contributed by atoms with Gasteiger partial charge in [0.25, 0.3) is 0 Å². The van der Waals surface area contributed by atoms with E-state index >= 15 is 0 Å². The summed E-state index contributed by atoms with van der Waals surface area (Å²) in [5, 5.41) is 10.3. The first-order valence-electron chi connectivity index (χ1n) is 6.11. The fraction of sp³-hybridized carbons (Fsp3) is 0.250.